The smallest absolute Gasteiger partial charge is 0.230 e. The van der Waals surface area contributed by atoms with E-state index in [2.05, 4.69) is 36.5 Å². The molecule has 0 unspecified atom stereocenters. The molecule has 0 aliphatic heterocycles. The zero-order chi connectivity index (χ0) is 17.0. The number of benzene rings is 2. The largest absolute Gasteiger partial charge is 0.353 e. The van der Waals surface area contributed by atoms with Crippen LogP contribution in [-0.2, 0) is 16.6 Å². The Hall–Kier alpha value is -1.80. The molecule has 1 N–H and O–H groups in total. The maximum Gasteiger partial charge on any atom is 0.230 e. The van der Waals surface area contributed by atoms with E-state index >= 15 is 0 Å². The van der Waals surface area contributed by atoms with E-state index in [0.717, 1.165) is 37.7 Å². The molecule has 3 rings (SSSR count). The van der Waals surface area contributed by atoms with Gasteiger partial charge in [0.15, 0.2) is 0 Å². The predicted molar refractivity (Wildman–Crippen MR) is 99.3 cm³/mol. The standard InChI is InChI=1S/C21H24ClNO/c1-16(8-9-17-6-3-2-4-7-17)23-20(24)21(14-5-15-21)18-10-12-19(22)13-11-18/h2-4,6-7,10-13,16H,5,8-9,14-15H2,1H3,(H,23,24)/t16-/m1/s1. The average Bonchev–Trinajstić information content (AvgIpc) is 2.54. The Morgan fingerprint density at radius 1 is 1.12 bits per heavy atom. The van der Waals surface area contributed by atoms with Crippen molar-refractivity contribution in [2.24, 2.45) is 0 Å². The maximum absolute atomic E-state index is 12.9. The van der Waals surface area contributed by atoms with Gasteiger partial charge in [-0.1, -0.05) is 60.5 Å². The molecule has 1 amide bonds. The molecule has 1 fully saturated rings. The van der Waals surface area contributed by atoms with Gasteiger partial charge in [0.25, 0.3) is 0 Å². The first-order valence-corrected chi connectivity index (χ1v) is 9.09. The van der Waals surface area contributed by atoms with Crippen molar-refractivity contribution in [2.45, 2.75) is 50.5 Å². The third kappa shape index (κ3) is 3.64. The summed E-state index contributed by atoms with van der Waals surface area (Å²) in [7, 11) is 0. The van der Waals surface area contributed by atoms with Crippen LogP contribution in [0.4, 0.5) is 0 Å². The highest BCUT2D eigenvalue weighted by Crippen LogP contribution is 2.44. The van der Waals surface area contributed by atoms with Gasteiger partial charge in [0, 0.05) is 11.1 Å². The number of aryl methyl sites for hydroxylation is 1. The molecule has 1 saturated carbocycles. The van der Waals surface area contributed by atoms with Crippen LogP contribution >= 0.6 is 11.6 Å². The molecule has 0 aromatic heterocycles. The zero-order valence-corrected chi connectivity index (χ0v) is 14.9. The van der Waals surface area contributed by atoms with E-state index < -0.39 is 0 Å². The number of carbonyl (C=O) groups excluding carboxylic acids is 1. The van der Waals surface area contributed by atoms with Crippen molar-refractivity contribution < 1.29 is 4.79 Å². The van der Waals surface area contributed by atoms with Crippen LogP contribution in [0.25, 0.3) is 0 Å². The minimum Gasteiger partial charge on any atom is -0.353 e. The Labute approximate surface area is 149 Å². The molecule has 2 aromatic rings. The zero-order valence-electron chi connectivity index (χ0n) is 14.1. The van der Waals surface area contributed by atoms with Gasteiger partial charge >= 0.3 is 0 Å². The van der Waals surface area contributed by atoms with Gasteiger partial charge in [0.1, 0.15) is 0 Å². The van der Waals surface area contributed by atoms with E-state index in [1.165, 1.54) is 5.56 Å². The van der Waals surface area contributed by atoms with E-state index in [0.29, 0.717) is 5.02 Å². The van der Waals surface area contributed by atoms with Gasteiger partial charge in [0.2, 0.25) is 5.91 Å². The number of hydrogen-bond donors (Lipinski definition) is 1. The predicted octanol–water partition coefficient (Wildman–Crippen LogP) is 4.90. The van der Waals surface area contributed by atoms with Gasteiger partial charge < -0.3 is 5.32 Å². The SMILES string of the molecule is C[C@H](CCc1ccccc1)NC(=O)C1(c2ccc(Cl)cc2)CCC1. The van der Waals surface area contributed by atoms with Crippen molar-refractivity contribution in [3.05, 3.63) is 70.7 Å². The van der Waals surface area contributed by atoms with Crippen LogP contribution in [0.2, 0.25) is 5.02 Å². The fraction of sp³-hybridized carbons (Fsp3) is 0.381. The lowest BCUT2D eigenvalue weighted by atomic mass is 9.63. The molecule has 0 heterocycles. The van der Waals surface area contributed by atoms with E-state index in [1.54, 1.807) is 0 Å². The van der Waals surface area contributed by atoms with E-state index in [4.69, 9.17) is 11.6 Å². The molecular weight excluding hydrogens is 318 g/mol. The number of rotatable bonds is 6. The monoisotopic (exact) mass is 341 g/mol. The highest BCUT2D eigenvalue weighted by molar-refractivity contribution is 6.30. The van der Waals surface area contributed by atoms with Crippen molar-refractivity contribution in [2.75, 3.05) is 0 Å². The summed E-state index contributed by atoms with van der Waals surface area (Å²) >= 11 is 5.99. The van der Waals surface area contributed by atoms with Crippen LogP contribution in [-0.4, -0.2) is 11.9 Å². The molecule has 1 aliphatic carbocycles. The molecule has 2 nitrogen and oxygen atoms in total. The molecular formula is C21H24ClNO. The summed E-state index contributed by atoms with van der Waals surface area (Å²) in [6, 6.07) is 18.3. The van der Waals surface area contributed by atoms with Crippen LogP contribution in [0.15, 0.2) is 54.6 Å². The molecule has 0 radical (unpaired) electrons. The molecule has 24 heavy (non-hydrogen) atoms. The van der Waals surface area contributed by atoms with E-state index in [1.807, 2.05) is 30.3 Å². The first-order valence-electron chi connectivity index (χ1n) is 8.71. The molecule has 3 heteroatoms. The molecule has 126 valence electrons. The Balaban J connectivity index is 1.61. The highest BCUT2D eigenvalue weighted by Gasteiger charge is 2.45. The van der Waals surface area contributed by atoms with Crippen molar-refractivity contribution in [3.63, 3.8) is 0 Å². The van der Waals surface area contributed by atoms with Crippen LogP contribution in [0.3, 0.4) is 0 Å². The Kier molecular flexibility index (Phi) is 5.25. The van der Waals surface area contributed by atoms with Crippen molar-refractivity contribution in [3.8, 4) is 0 Å². The summed E-state index contributed by atoms with van der Waals surface area (Å²) in [6.07, 6.45) is 4.88. The fourth-order valence-corrected chi connectivity index (χ4v) is 3.53. The lowest BCUT2D eigenvalue weighted by molar-refractivity contribution is -0.130. The van der Waals surface area contributed by atoms with Crippen molar-refractivity contribution in [1.29, 1.82) is 0 Å². The summed E-state index contributed by atoms with van der Waals surface area (Å²) in [6.45, 7) is 2.09. The van der Waals surface area contributed by atoms with Crippen molar-refractivity contribution >= 4 is 17.5 Å². The van der Waals surface area contributed by atoms with Crippen molar-refractivity contribution in [1.82, 2.24) is 5.32 Å². The molecule has 2 aromatic carbocycles. The normalized spacial score (nSPS) is 16.9. The molecule has 1 aliphatic rings. The number of halogens is 1. The number of amides is 1. The van der Waals surface area contributed by atoms with Crippen LogP contribution in [0.5, 0.6) is 0 Å². The summed E-state index contributed by atoms with van der Waals surface area (Å²) in [5.41, 5.74) is 2.05. The molecule has 0 spiro atoms. The first kappa shape index (κ1) is 17.0. The molecule has 1 atom stereocenters. The number of nitrogens with one attached hydrogen (secondary N) is 1. The maximum atomic E-state index is 12.9. The quantitative estimate of drug-likeness (QED) is 0.795. The second-order valence-corrected chi connectivity index (χ2v) is 7.28. The Bertz CT molecular complexity index is 677. The molecule has 0 saturated heterocycles. The Morgan fingerprint density at radius 3 is 2.38 bits per heavy atom. The van der Waals surface area contributed by atoms with Crippen LogP contribution in [0, 0.1) is 0 Å². The Morgan fingerprint density at radius 2 is 1.79 bits per heavy atom. The fourth-order valence-electron chi connectivity index (χ4n) is 3.41. The second-order valence-electron chi connectivity index (χ2n) is 6.84. The van der Waals surface area contributed by atoms with E-state index in [9.17, 15) is 4.79 Å². The first-order chi connectivity index (χ1) is 11.6. The van der Waals surface area contributed by atoms with Crippen LogP contribution in [0.1, 0.15) is 43.7 Å². The lowest BCUT2D eigenvalue weighted by Crippen LogP contribution is -2.51. The summed E-state index contributed by atoms with van der Waals surface area (Å²) in [5.74, 6) is 0.164. The number of hydrogen-bond acceptors (Lipinski definition) is 1. The third-order valence-corrected chi connectivity index (χ3v) is 5.38. The average molecular weight is 342 g/mol. The van der Waals surface area contributed by atoms with Gasteiger partial charge in [-0.25, -0.2) is 0 Å². The van der Waals surface area contributed by atoms with E-state index in [-0.39, 0.29) is 17.4 Å². The topological polar surface area (TPSA) is 29.1 Å². The third-order valence-electron chi connectivity index (χ3n) is 5.12. The highest BCUT2D eigenvalue weighted by atomic mass is 35.5. The lowest BCUT2D eigenvalue weighted by Gasteiger charge is -2.41. The van der Waals surface area contributed by atoms with Crippen LogP contribution < -0.4 is 5.32 Å². The minimum atomic E-state index is -0.356. The van der Waals surface area contributed by atoms with Gasteiger partial charge in [-0.05, 0) is 55.9 Å². The number of carbonyl (C=O) groups is 1. The van der Waals surface area contributed by atoms with Gasteiger partial charge in [0.05, 0.1) is 5.41 Å². The van der Waals surface area contributed by atoms with Gasteiger partial charge in [-0.2, -0.15) is 0 Å². The van der Waals surface area contributed by atoms with Gasteiger partial charge in [-0.15, -0.1) is 0 Å². The summed E-state index contributed by atoms with van der Waals surface area (Å²) in [4.78, 5) is 12.9. The summed E-state index contributed by atoms with van der Waals surface area (Å²) in [5, 5.41) is 3.95. The summed E-state index contributed by atoms with van der Waals surface area (Å²) < 4.78 is 0. The second kappa shape index (κ2) is 7.40. The van der Waals surface area contributed by atoms with Gasteiger partial charge in [-0.3, -0.25) is 4.79 Å². The minimum absolute atomic E-state index is 0.164. The molecule has 0 bridgehead atoms.